The van der Waals surface area contributed by atoms with Crippen molar-refractivity contribution in [3.63, 3.8) is 0 Å². The van der Waals surface area contributed by atoms with Gasteiger partial charge in [-0.05, 0) is 43.4 Å². The van der Waals surface area contributed by atoms with Gasteiger partial charge in [-0.3, -0.25) is 4.79 Å². The molecule has 0 aromatic heterocycles. The van der Waals surface area contributed by atoms with E-state index in [1.807, 2.05) is 0 Å². The van der Waals surface area contributed by atoms with Crippen LogP contribution in [-0.2, 0) is 19.0 Å². The van der Waals surface area contributed by atoms with Crippen molar-refractivity contribution in [2.45, 2.75) is 63.9 Å². The van der Waals surface area contributed by atoms with E-state index in [2.05, 4.69) is 13.8 Å². The smallest absolute Gasteiger partial charge is 0.309 e. The summed E-state index contributed by atoms with van der Waals surface area (Å²) < 4.78 is 16.8. The maximum Gasteiger partial charge on any atom is 0.309 e. The summed E-state index contributed by atoms with van der Waals surface area (Å²) in [7, 11) is 0. The number of fused-ring (bicyclic) bond motifs is 2. The zero-order valence-electron chi connectivity index (χ0n) is 12.3. The highest BCUT2D eigenvalue weighted by atomic mass is 16.6. The Bertz CT molecular complexity index is 409. The van der Waals surface area contributed by atoms with Gasteiger partial charge in [0.05, 0.1) is 36.9 Å². The third kappa shape index (κ3) is 2.37. The molecule has 2 saturated carbocycles. The van der Waals surface area contributed by atoms with Crippen LogP contribution in [0.5, 0.6) is 0 Å². The fourth-order valence-electron chi connectivity index (χ4n) is 4.15. The SMILES string of the molecule is C[C@@H]1C[C@H]2O[C@H]2C[C@@H]1C(=O)OC[C@H]1C[C@@H]2O[C@@H]2C[C@@H]1C. The fraction of sp³-hybridized carbons (Fsp3) is 0.938. The Kier molecular flexibility index (Phi) is 3.08. The van der Waals surface area contributed by atoms with E-state index in [4.69, 9.17) is 14.2 Å². The average Bonchev–Trinajstić information content (AvgIpc) is 3.29. The Labute approximate surface area is 120 Å². The van der Waals surface area contributed by atoms with Crippen molar-refractivity contribution >= 4 is 5.97 Å². The highest BCUT2D eigenvalue weighted by Gasteiger charge is 2.50. The number of carbonyl (C=O) groups is 1. The van der Waals surface area contributed by atoms with Crippen molar-refractivity contribution in [1.29, 1.82) is 0 Å². The molecular weight excluding hydrogens is 256 g/mol. The lowest BCUT2D eigenvalue weighted by Crippen LogP contribution is -2.33. The van der Waals surface area contributed by atoms with Crippen molar-refractivity contribution in [3.05, 3.63) is 0 Å². The van der Waals surface area contributed by atoms with Crippen molar-refractivity contribution < 1.29 is 19.0 Å². The molecule has 0 amide bonds. The van der Waals surface area contributed by atoms with E-state index in [0.717, 1.165) is 25.7 Å². The summed E-state index contributed by atoms with van der Waals surface area (Å²) in [6.45, 7) is 4.97. The maximum atomic E-state index is 12.3. The van der Waals surface area contributed by atoms with E-state index in [0.29, 0.717) is 48.8 Å². The second kappa shape index (κ2) is 4.70. The Hall–Kier alpha value is -0.610. The summed E-state index contributed by atoms with van der Waals surface area (Å²) >= 11 is 0. The van der Waals surface area contributed by atoms with Gasteiger partial charge in [0.15, 0.2) is 0 Å². The zero-order chi connectivity index (χ0) is 13.9. The second-order valence-corrected chi connectivity index (χ2v) is 7.32. The molecule has 2 aliphatic heterocycles. The minimum atomic E-state index is -0.00233. The van der Waals surface area contributed by atoms with E-state index in [-0.39, 0.29) is 11.9 Å². The van der Waals surface area contributed by atoms with Crippen LogP contribution in [0.1, 0.15) is 39.5 Å². The Balaban J connectivity index is 1.29. The van der Waals surface area contributed by atoms with Crippen LogP contribution in [0.4, 0.5) is 0 Å². The Morgan fingerprint density at radius 3 is 2.30 bits per heavy atom. The third-order valence-electron chi connectivity index (χ3n) is 5.84. The normalized spacial score (nSPS) is 52.7. The standard InChI is InChI=1S/C16H24O4/c1-8-3-12-14(19-12)5-10(8)7-18-16(17)11-6-15-13(20-15)4-9(11)2/h8-15H,3-7H2,1-2H3/t8-,9+,10+,11-,12+,13+,14-,15-/m0/s1. The second-order valence-electron chi connectivity index (χ2n) is 7.32. The van der Waals surface area contributed by atoms with Gasteiger partial charge in [0.2, 0.25) is 0 Å². The molecule has 4 fully saturated rings. The molecule has 4 heteroatoms. The van der Waals surface area contributed by atoms with E-state index in [9.17, 15) is 4.79 Å². The fourth-order valence-corrected chi connectivity index (χ4v) is 4.15. The molecule has 8 atom stereocenters. The number of rotatable bonds is 3. The molecule has 2 aliphatic carbocycles. The van der Waals surface area contributed by atoms with Crippen LogP contribution in [0.3, 0.4) is 0 Å². The predicted molar refractivity (Wildman–Crippen MR) is 72.1 cm³/mol. The van der Waals surface area contributed by atoms with Crippen LogP contribution in [-0.4, -0.2) is 37.0 Å². The molecule has 4 nitrogen and oxygen atoms in total. The molecule has 0 unspecified atom stereocenters. The molecule has 2 saturated heterocycles. The number of ether oxygens (including phenoxy) is 3. The molecule has 20 heavy (non-hydrogen) atoms. The Morgan fingerprint density at radius 2 is 1.55 bits per heavy atom. The molecular formula is C16H24O4. The lowest BCUT2D eigenvalue weighted by Gasteiger charge is -2.28. The van der Waals surface area contributed by atoms with E-state index in [1.54, 1.807) is 0 Å². The van der Waals surface area contributed by atoms with E-state index < -0.39 is 0 Å². The summed E-state index contributed by atoms with van der Waals surface area (Å²) in [5.41, 5.74) is 0. The Morgan fingerprint density at radius 1 is 0.950 bits per heavy atom. The van der Waals surface area contributed by atoms with Crippen LogP contribution < -0.4 is 0 Å². The number of epoxide rings is 2. The van der Waals surface area contributed by atoms with Gasteiger partial charge in [-0.15, -0.1) is 0 Å². The van der Waals surface area contributed by atoms with Crippen molar-refractivity contribution in [3.8, 4) is 0 Å². The molecule has 0 spiro atoms. The summed E-state index contributed by atoms with van der Waals surface area (Å²) in [5.74, 6) is 1.52. The molecule has 4 rings (SSSR count). The monoisotopic (exact) mass is 280 g/mol. The minimum Gasteiger partial charge on any atom is -0.465 e. The lowest BCUT2D eigenvalue weighted by molar-refractivity contribution is -0.153. The van der Waals surface area contributed by atoms with Crippen molar-refractivity contribution in [2.24, 2.45) is 23.7 Å². The first-order chi connectivity index (χ1) is 9.61. The number of hydrogen-bond donors (Lipinski definition) is 0. The van der Waals surface area contributed by atoms with Gasteiger partial charge in [0.25, 0.3) is 0 Å². The summed E-state index contributed by atoms with van der Waals surface area (Å²) in [6.07, 6.45) is 5.77. The molecule has 0 bridgehead atoms. The molecule has 2 heterocycles. The van der Waals surface area contributed by atoms with Gasteiger partial charge in [-0.2, -0.15) is 0 Å². The highest BCUT2D eigenvalue weighted by Crippen LogP contribution is 2.44. The van der Waals surface area contributed by atoms with Gasteiger partial charge in [-0.25, -0.2) is 0 Å². The molecule has 0 N–H and O–H groups in total. The number of esters is 1. The van der Waals surface area contributed by atoms with Crippen LogP contribution in [0.15, 0.2) is 0 Å². The summed E-state index contributed by atoms with van der Waals surface area (Å²) in [6, 6.07) is 0. The average molecular weight is 280 g/mol. The third-order valence-corrected chi connectivity index (χ3v) is 5.84. The first kappa shape index (κ1) is 13.1. The first-order valence-corrected chi connectivity index (χ1v) is 8.09. The zero-order valence-corrected chi connectivity index (χ0v) is 12.3. The molecule has 0 aromatic rings. The summed E-state index contributed by atoms with van der Waals surface area (Å²) in [5, 5.41) is 0. The van der Waals surface area contributed by atoms with Crippen LogP contribution in [0, 0.1) is 23.7 Å². The van der Waals surface area contributed by atoms with Crippen molar-refractivity contribution in [1.82, 2.24) is 0 Å². The highest BCUT2D eigenvalue weighted by molar-refractivity contribution is 5.73. The van der Waals surface area contributed by atoms with Crippen LogP contribution in [0.25, 0.3) is 0 Å². The largest absolute Gasteiger partial charge is 0.465 e. The number of hydrogen-bond acceptors (Lipinski definition) is 4. The van der Waals surface area contributed by atoms with Crippen LogP contribution in [0.2, 0.25) is 0 Å². The first-order valence-electron chi connectivity index (χ1n) is 8.09. The van der Waals surface area contributed by atoms with Crippen molar-refractivity contribution in [2.75, 3.05) is 6.61 Å². The van der Waals surface area contributed by atoms with Crippen LogP contribution >= 0.6 is 0 Å². The quantitative estimate of drug-likeness (QED) is 0.587. The van der Waals surface area contributed by atoms with Gasteiger partial charge in [-0.1, -0.05) is 13.8 Å². The van der Waals surface area contributed by atoms with Gasteiger partial charge < -0.3 is 14.2 Å². The lowest BCUT2D eigenvalue weighted by atomic mass is 9.80. The molecule has 112 valence electrons. The van der Waals surface area contributed by atoms with E-state index >= 15 is 0 Å². The van der Waals surface area contributed by atoms with Gasteiger partial charge in [0.1, 0.15) is 0 Å². The molecule has 0 radical (unpaired) electrons. The topological polar surface area (TPSA) is 51.4 Å². The molecule has 0 aromatic carbocycles. The molecule has 4 aliphatic rings. The number of carbonyl (C=O) groups excluding carboxylic acids is 1. The van der Waals surface area contributed by atoms with E-state index in [1.165, 1.54) is 0 Å². The summed E-state index contributed by atoms with van der Waals surface area (Å²) in [4.78, 5) is 12.3. The maximum absolute atomic E-state index is 12.3. The van der Waals surface area contributed by atoms with Gasteiger partial charge in [0, 0.05) is 0 Å². The van der Waals surface area contributed by atoms with Gasteiger partial charge >= 0.3 is 5.97 Å². The minimum absolute atomic E-state index is 0.00233. The predicted octanol–water partition coefficient (Wildman–Crippen LogP) is 2.16.